The van der Waals surface area contributed by atoms with Crippen LogP contribution in [-0.4, -0.2) is 17.4 Å². The standard InChI is InChI=1S/C9H14OSi/c1-3-7-8(10-2)5-4-6-9(7)11/h4-6H,3H2,1-2,11H3. The highest BCUT2D eigenvalue weighted by Crippen LogP contribution is 2.14. The minimum absolute atomic E-state index is 1.04. The van der Waals surface area contributed by atoms with E-state index in [-0.39, 0.29) is 0 Å². The summed E-state index contributed by atoms with van der Waals surface area (Å²) in [7, 11) is 2.84. The zero-order valence-corrected chi connectivity index (χ0v) is 9.35. The van der Waals surface area contributed by atoms with Crippen LogP contribution in [0.2, 0.25) is 0 Å². The lowest BCUT2D eigenvalue weighted by Gasteiger charge is -2.08. The molecule has 0 N–H and O–H groups in total. The summed E-state index contributed by atoms with van der Waals surface area (Å²) in [6.07, 6.45) is 1.07. The number of methoxy groups -OCH3 is 1. The highest BCUT2D eigenvalue weighted by atomic mass is 28.1. The summed E-state index contributed by atoms with van der Waals surface area (Å²) in [5, 5.41) is 1.45. The molecular formula is C9H14OSi. The van der Waals surface area contributed by atoms with Crippen molar-refractivity contribution in [2.75, 3.05) is 7.11 Å². The van der Waals surface area contributed by atoms with Crippen LogP contribution in [0, 0.1) is 0 Å². The second kappa shape index (κ2) is 3.58. The summed E-state index contributed by atoms with van der Waals surface area (Å²) in [5.41, 5.74) is 1.38. The molecule has 0 amide bonds. The van der Waals surface area contributed by atoms with Gasteiger partial charge >= 0.3 is 0 Å². The van der Waals surface area contributed by atoms with Crippen molar-refractivity contribution in [2.24, 2.45) is 0 Å². The Morgan fingerprint density at radius 1 is 1.45 bits per heavy atom. The molecule has 0 aliphatic carbocycles. The van der Waals surface area contributed by atoms with E-state index in [9.17, 15) is 0 Å². The van der Waals surface area contributed by atoms with Gasteiger partial charge in [0.1, 0.15) is 5.75 Å². The van der Waals surface area contributed by atoms with Crippen molar-refractivity contribution in [3.05, 3.63) is 23.8 Å². The van der Waals surface area contributed by atoms with Crippen molar-refractivity contribution in [1.82, 2.24) is 0 Å². The van der Waals surface area contributed by atoms with Gasteiger partial charge in [0.25, 0.3) is 0 Å². The Morgan fingerprint density at radius 3 is 2.64 bits per heavy atom. The first-order valence-electron chi connectivity index (χ1n) is 3.92. The fraction of sp³-hybridized carbons (Fsp3) is 0.333. The van der Waals surface area contributed by atoms with E-state index in [2.05, 4.69) is 19.1 Å². The van der Waals surface area contributed by atoms with Gasteiger partial charge in [-0.2, -0.15) is 0 Å². The summed E-state index contributed by atoms with van der Waals surface area (Å²) in [6, 6.07) is 6.26. The van der Waals surface area contributed by atoms with Crippen molar-refractivity contribution in [2.45, 2.75) is 13.3 Å². The monoisotopic (exact) mass is 166 g/mol. The summed E-state index contributed by atoms with van der Waals surface area (Å²) in [6.45, 7) is 2.17. The molecule has 0 aliphatic heterocycles. The Labute approximate surface area is 70.8 Å². The van der Waals surface area contributed by atoms with Crippen LogP contribution >= 0.6 is 0 Å². The molecule has 0 atom stereocenters. The molecule has 1 rings (SSSR count). The molecule has 0 bridgehead atoms. The molecule has 0 heterocycles. The minimum Gasteiger partial charge on any atom is -0.496 e. The van der Waals surface area contributed by atoms with E-state index in [0.29, 0.717) is 0 Å². The third-order valence-electron chi connectivity index (χ3n) is 1.94. The lowest BCUT2D eigenvalue weighted by molar-refractivity contribution is 0.410. The van der Waals surface area contributed by atoms with Gasteiger partial charge in [-0.25, -0.2) is 0 Å². The molecule has 0 aliphatic rings. The normalized spacial score (nSPS) is 10.0. The predicted molar refractivity (Wildman–Crippen MR) is 51.9 cm³/mol. The quantitative estimate of drug-likeness (QED) is 0.572. The summed E-state index contributed by atoms with van der Waals surface area (Å²) in [4.78, 5) is 0. The molecule has 0 saturated carbocycles. The van der Waals surface area contributed by atoms with Gasteiger partial charge in [-0.15, -0.1) is 0 Å². The van der Waals surface area contributed by atoms with E-state index in [1.807, 2.05) is 6.07 Å². The highest BCUT2D eigenvalue weighted by molar-refractivity contribution is 6.33. The van der Waals surface area contributed by atoms with Gasteiger partial charge in [-0.3, -0.25) is 0 Å². The van der Waals surface area contributed by atoms with E-state index in [1.165, 1.54) is 10.8 Å². The maximum atomic E-state index is 5.24. The van der Waals surface area contributed by atoms with Gasteiger partial charge < -0.3 is 4.74 Å². The van der Waals surface area contributed by atoms with E-state index < -0.39 is 0 Å². The molecule has 0 saturated heterocycles. The lowest BCUT2D eigenvalue weighted by atomic mass is 10.1. The maximum Gasteiger partial charge on any atom is 0.121 e. The fourth-order valence-electron chi connectivity index (χ4n) is 1.32. The Bertz CT molecular complexity index is 245. The first-order valence-corrected chi connectivity index (χ1v) is 4.92. The maximum absolute atomic E-state index is 5.24. The molecule has 1 nitrogen and oxygen atoms in total. The molecular weight excluding hydrogens is 152 g/mol. The first-order chi connectivity index (χ1) is 5.29. The summed E-state index contributed by atoms with van der Waals surface area (Å²) < 4.78 is 5.24. The van der Waals surface area contributed by atoms with Crippen molar-refractivity contribution in [3.8, 4) is 5.75 Å². The molecule has 60 valence electrons. The average molecular weight is 166 g/mol. The number of benzene rings is 1. The molecule has 0 fully saturated rings. The molecule has 2 heteroatoms. The molecule has 0 unspecified atom stereocenters. The third kappa shape index (κ3) is 1.63. The SMILES string of the molecule is CCc1c([SiH3])cccc1OC. The van der Waals surface area contributed by atoms with E-state index in [0.717, 1.165) is 22.4 Å². The number of hydrogen-bond acceptors (Lipinski definition) is 1. The van der Waals surface area contributed by atoms with Crippen LogP contribution in [-0.2, 0) is 6.42 Å². The molecule has 1 aromatic carbocycles. The smallest absolute Gasteiger partial charge is 0.121 e. The van der Waals surface area contributed by atoms with Gasteiger partial charge in [0.15, 0.2) is 0 Å². The van der Waals surface area contributed by atoms with Crippen LogP contribution in [0.4, 0.5) is 0 Å². The zero-order valence-electron chi connectivity index (χ0n) is 7.35. The van der Waals surface area contributed by atoms with Crippen LogP contribution in [0.5, 0.6) is 5.75 Å². The average Bonchev–Trinajstić information content (AvgIpc) is 2.04. The second-order valence-electron chi connectivity index (χ2n) is 2.61. The number of ether oxygens (including phenoxy) is 1. The third-order valence-corrected chi connectivity index (χ3v) is 2.88. The first kappa shape index (κ1) is 8.33. The highest BCUT2D eigenvalue weighted by Gasteiger charge is 2.01. The van der Waals surface area contributed by atoms with Crippen molar-refractivity contribution >= 4 is 15.4 Å². The van der Waals surface area contributed by atoms with Gasteiger partial charge in [-0.05, 0) is 18.1 Å². The molecule has 11 heavy (non-hydrogen) atoms. The van der Waals surface area contributed by atoms with Gasteiger partial charge in [-0.1, -0.05) is 24.2 Å². The van der Waals surface area contributed by atoms with Crippen LogP contribution in [0.15, 0.2) is 18.2 Å². The largest absolute Gasteiger partial charge is 0.496 e. The molecule has 0 aromatic heterocycles. The Balaban J connectivity index is 3.13. The molecule has 0 spiro atoms. The van der Waals surface area contributed by atoms with E-state index in [1.54, 1.807) is 7.11 Å². The van der Waals surface area contributed by atoms with Crippen LogP contribution in [0.3, 0.4) is 0 Å². The van der Waals surface area contributed by atoms with Crippen LogP contribution in [0.25, 0.3) is 0 Å². The van der Waals surface area contributed by atoms with Gasteiger partial charge in [0, 0.05) is 10.2 Å². The zero-order chi connectivity index (χ0) is 8.27. The topological polar surface area (TPSA) is 9.23 Å². The Kier molecular flexibility index (Phi) is 2.71. The van der Waals surface area contributed by atoms with Crippen molar-refractivity contribution in [3.63, 3.8) is 0 Å². The van der Waals surface area contributed by atoms with Crippen LogP contribution < -0.4 is 9.92 Å². The van der Waals surface area contributed by atoms with Crippen LogP contribution in [0.1, 0.15) is 12.5 Å². The minimum atomic E-state index is 1.04. The van der Waals surface area contributed by atoms with Crippen molar-refractivity contribution in [1.29, 1.82) is 0 Å². The Morgan fingerprint density at radius 2 is 2.18 bits per heavy atom. The van der Waals surface area contributed by atoms with Gasteiger partial charge in [0.05, 0.1) is 7.11 Å². The molecule has 0 radical (unpaired) electrons. The predicted octanol–water partition coefficient (Wildman–Crippen LogP) is 0.248. The van der Waals surface area contributed by atoms with Crippen molar-refractivity contribution < 1.29 is 4.74 Å². The number of rotatable bonds is 2. The lowest BCUT2D eigenvalue weighted by Crippen LogP contribution is -2.10. The number of hydrogen-bond donors (Lipinski definition) is 0. The van der Waals surface area contributed by atoms with E-state index in [4.69, 9.17) is 4.74 Å². The molecule has 1 aromatic rings. The van der Waals surface area contributed by atoms with E-state index >= 15 is 0 Å². The second-order valence-corrected chi connectivity index (χ2v) is 3.69. The summed E-state index contributed by atoms with van der Waals surface area (Å²) >= 11 is 0. The summed E-state index contributed by atoms with van der Waals surface area (Å²) in [5.74, 6) is 1.04. The van der Waals surface area contributed by atoms with Gasteiger partial charge in [0.2, 0.25) is 0 Å². The fourth-order valence-corrected chi connectivity index (χ4v) is 2.11. The Hall–Kier alpha value is -0.763.